The molecule has 0 aliphatic carbocycles. The maximum atomic E-state index is 9.90. The number of carbonyl (C=O) groups excluding carboxylic acids is 1. The molecule has 0 aromatic rings. The van der Waals surface area contributed by atoms with Gasteiger partial charge in [-0.25, -0.2) is 0 Å². The first-order chi connectivity index (χ1) is 5.35. The summed E-state index contributed by atoms with van der Waals surface area (Å²) in [4.78, 5) is 9.90. The summed E-state index contributed by atoms with van der Waals surface area (Å²) in [7, 11) is 0. The minimum absolute atomic E-state index is 0.484. The van der Waals surface area contributed by atoms with E-state index in [2.05, 4.69) is 11.2 Å². The van der Waals surface area contributed by atoms with Crippen LogP contribution in [0, 0.1) is 12.3 Å². The summed E-state index contributed by atoms with van der Waals surface area (Å²) in [6.07, 6.45) is 11.1. The van der Waals surface area contributed by atoms with E-state index in [0.717, 1.165) is 5.57 Å². The van der Waals surface area contributed by atoms with Gasteiger partial charge < -0.3 is 5.32 Å². The van der Waals surface area contributed by atoms with Crippen LogP contribution in [0.1, 0.15) is 6.92 Å². The second kappa shape index (κ2) is 6.63. The lowest BCUT2D eigenvalue weighted by Crippen LogP contribution is -2.13. The summed E-state index contributed by atoms with van der Waals surface area (Å²) in [5, 5.41) is 2.52. The zero-order valence-electron chi connectivity index (χ0n) is 6.50. The number of amides is 1. The van der Waals surface area contributed by atoms with Crippen LogP contribution in [0.2, 0.25) is 0 Å². The van der Waals surface area contributed by atoms with Crippen molar-refractivity contribution in [3.05, 3.63) is 23.8 Å². The summed E-state index contributed by atoms with van der Waals surface area (Å²) >= 11 is 0. The van der Waals surface area contributed by atoms with Gasteiger partial charge in [-0.15, -0.1) is 6.42 Å². The molecule has 0 unspecified atom stereocenters. The molecule has 58 valence electrons. The molecule has 0 heterocycles. The number of hydrogen-bond donors (Lipinski definition) is 1. The number of terminal acetylenes is 1. The molecule has 2 nitrogen and oxygen atoms in total. The van der Waals surface area contributed by atoms with E-state index in [-0.39, 0.29) is 0 Å². The molecule has 0 bridgehead atoms. The lowest BCUT2D eigenvalue weighted by molar-refractivity contribution is -0.109. The number of nitrogens with one attached hydrogen (secondary N) is 1. The van der Waals surface area contributed by atoms with Gasteiger partial charge in [-0.2, -0.15) is 0 Å². The summed E-state index contributed by atoms with van der Waals surface area (Å²) in [5.41, 5.74) is 0.919. The highest BCUT2D eigenvalue weighted by atomic mass is 16.1. The molecule has 0 fully saturated rings. The predicted octanol–water partition coefficient (Wildman–Crippen LogP) is 0.868. The molecule has 0 aliphatic heterocycles. The molecule has 0 spiro atoms. The Kier molecular flexibility index (Phi) is 5.73. The Hall–Kier alpha value is -1.49. The molecule has 0 saturated heterocycles. The van der Waals surface area contributed by atoms with Gasteiger partial charge in [0.25, 0.3) is 0 Å². The van der Waals surface area contributed by atoms with Crippen molar-refractivity contribution in [3.8, 4) is 12.3 Å². The average molecular weight is 149 g/mol. The second-order valence-corrected chi connectivity index (χ2v) is 1.88. The first-order valence-electron chi connectivity index (χ1n) is 3.30. The Morgan fingerprint density at radius 2 is 2.45 bits per heavy atom. The van der Waals surface area contributed by atoms with Crippen LogP contribution in [0.4, 0.5) is 0 Å². The van der Waals surface area contributed by atoms with Crippen LogP contribution in [0.5, 0.6) is 0 Å². The highest BCUT2D eigenvalue weighted by Crippen LogP contribution is 1.93. The third-order valence-electron chi connectivity index (χ3n) is 1.04. The van der Waals surface area contributed by atoms with Gasteiger partial charge in [0.1, 0.15) is 0 Å². The number of rotatable bonds is 4. The van der Waals surface area contributed by atoms with Crippen molar-refractivity contribution < 1.29 is 4.79 Å². The topological polar surface area (TPSA) is 29.1 Å². The molecule has 0 aromatic carbocycles. The fourth-order valence-corrected chi connectivity index (χ4v) is 0.639. The van der Waals surface area contributed by atoms with E-state index in [4.69, 9.17) is 6.42 Å². The van der Waals surface area contributed by atoms with E-state index in [0.29, 0.717) is 13.0 Å². The maximum absolute atomic E-state index is 9.90. The first kappa shape index (κ1) is 9.51. The van der Waals surface area contributed by atoms with Crippen LogP contribution >= 0.6 is 0 Å². The van der Waals surface area contributed by atoms with E-state index in [1.54, 1.807) is 6.08 Å². The highest BCUT2D eigenvalue weighted by Gasteiger charge is 1.87. The van der Waals surface area contributed by atoms with E-state index >= 15 is 0 Å². The fraction of sp³-hybridized carbons (Fsp3) is 0.222. The Bertz CT molecular complexity index is 208. The minimum atomic E-state index is 0.484. The zero-order valence-corrected chi connectivity index (χ0v) is 6.50. The van der Waals surface area contributed by atoms with E-state index in [9.17, 15) is 4.79 Å². The number of carbonyl (C=O) groups is 1. The van der Waals surface area contributed by atoms with Crippen LogP contribution in [0.25, 0.3) is 0 Å². The zero-order chi connectivity index (χ0) is 8.53. The Morgan fingerprint density at radius 1 is 1.73 bits per heavy atom. The average Bonchev–Trinajstić information content (AvgIpc) is 2.01. The molecule has 11 heavy (non-hydrogen) atoms. The Balaban J connectivity index is 4.02. The third-order valence-corrected chi connectivity index (χ3v) is 1.04. The van der Waals surface area contributed by atoms with Crippen molar-refractivity contribution in [1.82, 2.24) is 5.32 Å². The van der Waals surface area contributed by atoms with Gasteiger partial charge in [0.15, 0.2) is 0 Å². The summed E-state index contributed by atoms with van der Waals surface area (Å²) in [6, 6.07) is 0. The first-order valence-corrected chi connectivity index (χ1v) is 3.30. The molecule has 2 heteroatoms. The molecule has 0 rings (SSSR count). The van der Waals surface area contributed by atoms with Gasteiger partial charge in [0, 0.05) is 6.54 Å². The lowest BCUT2D eigenvalue weighted by atomic mass is 10.2. The molecule has 1 amide bonds. The van der Waals surface area contributed by atoms with Crippen LogP contribution in [-0.2, 0) is 4.79 Å². The highest BCUT2D eigenvalue weighted by molar-refractivity contribution is 5.47. The largest absolute Gasteiger partial charge is 0.355 e. The molecular weight excluding hydrogens is 138 g/mol. The molecule has 1 N–H and O–H groups in total. The van der Waals surface area contributed by atoms with Gasteiger partial charge in [-0.3, -0.25) is 4.79 Å². The summed E-state index contributed by atoms with van der Waals surface area (Å²) in [6.45, 7) is 2.38. The van der Waals surface area contributed by atoms with Crippen LogP contribution in [-0.4, -0.2) is 13.0 Å². The molecule has 0 aromatic heterocycles. The van der Waals surface area contributed by atoms with Crippen LogP contribution in [0.3, 0.4) is 0 Å². The molecule has 0 saturated carbocycles. The smallest absolute Gasteiger partial charge is 0.207 e. The van der Waals surface area contributed by atoms with Crippen LogP contribution in [0.15, 0.2) is 23.8 Å². The standard InChI is InChI=1S/C9H11NO/c1-3-5-9(6-4-2)7-10-8-11/h1,4-6,8H,7H2,2H3,(H,10,11)/b6-4-,9-5+. The summed E-state index contributed by atoms with van der Waals surface area (Å²) < 4.78 is 0. The quantitative estimate of drug-likeness (QED) is 0.358. The monoisotopic (exact) mass is 149 g/mol. The van der Waals surface area contributed by atoms with Crippen molar-refractivity contribution in [1.29, 1.82) is 0 Å². The van der Waals surface area contributed by atoms with Gasteiger partial charge in [-0.05, 0) is 18.6 Å². The number of allylic oxidation sites excluding steroid dienone is 2. The molecular formula is C9H11NO. The van der Waals surface area contributed by atoms with Crippen molar-refractivity contribution in [2.75, 3.05) is 6.54 Å². The van der Waals surface area contributed by atoms with E-state index in [1.165, 1.54) is 0 Å². The van der Waals surface area contributed by atoms with Crippen molar-refractivity contribution in [3.63, 3.8) is 0 Å². The van der Waals surface area contributed by atoms with Gasteiger partial charge in [-0.1, -0.05) is 18.1 Å². The normalized spacial score (nSPS) is 11.1. The van der Waals surface area contributed by atoms with Crippen molar-refractivity contribution in [2.24, 2.45) is 0 Å². The fourth-order valence-electron chi connectivity index (χ4n) is 0.639. The van der Waals surface area contributed by atoms with E-state index in [1.807, 2.05) is 19.1 Å². The third kappa shape index (κ3) is 4.98. The van der Waals surface area contributed by atoms with E-state index < -0.39 is 0 Å². The van der Waals surface area contributed by atoms with Crippen molar-refractivity contribution in [2.45, 2.75) is 6.92 Å². The Labute approximate surface area is 67.0 Å². The SMILES string of the molecule is C#C/C=C(\C=C/C)CNC=O. The molecule has 0 radical (unpaired) electrons. The van der Waals surface area contributed by atoms with Crippen LogP contribution < -0.4 is 5.32 Å². The minimum Gasteiger partial charge on any atom is -0.355 e. The van der Waals surface area contributed by atoms with Gasteiger partial charge in [0.05, 0.1) is 0 Å². The maximum Gasteiger partial charge on any atom is 0.207 e. The second-order valence-electron chi connectivity index (χ2n) is 1.88. The lowest BCUT2D eigenvalue weighted by Gasteiger charge is -1.96. The van der Waals surface area contributed by atoms with Gasteiger partial charge in [0.2, 0.25) is 6.41 Å². The molecule has 0 atom stereocenters. The number of hydrogen-bond acceptors (Lipinski definition) is 1. The molecule has 0 aliphatic rings. The Morgan fingerprint density at radius 3 is 2.91 bits per heavy atom. The summed E-state index contributed by atoms with van der Waals surface area (Å²) in [5.74, 6) is 2.39. The van der Waals surface area contributed by atoms with Crippen molar-refractivity contribution >= 4 is 6.41 Å². The predicted molar refractivity (Wildman–Crippen MR) is 45.8 cm³/mol. The van der Waals surface area contributed by atoms with Gasteiger partial charge >= 0.3 is 0 Å².